The normalized spacial score (nSPS) is 11.8. The molecule has 10 rings (SSSR count). The van der Waals surface area contributed by atoms with Gasteiger partial charge in [-0.3, -0.25) is 0 Å². The van der Waals surface area contributed by atoms with E-state index in [2.05, 4.69) is 170 Å². The minimum Gasteiger partial charge on any atom is -0.135 e. The maximum atomic E-state index is 2.36. The first-order chi connectivity index (χ1) is 23.3. The van der Waals surface area contributed by atoms with E-state index in [0.717, 1.165) is 0 Å². The van der Waals surface area contributed by atoms with Gasteiger partial charge in [0.25, 0.3) is 0 Å². The van der Waals surface area contributed by atoms with Gasteiger partial charge in [0.15, 0.2) is 0 Å². The molecule has 0 amide bonds. The van der Waals surface area contributed by atoms with Gasteiger partial charge in [0.1, 0.15) is 0 Å². The largest absolute Gasteiger partial charge is 0.135 e. The number of rotatable bonds is 3. The summed E-state index contributed by atoms with van der Waals surface area (Å²) in [6.45, 7) is 0. The van der Waals surface area contributed by atoms with Gasteiger partial charge in [-0.1, -0.05) is 158 Å². The first kappa shape index (κ1) is 26.5. The molecule has 0 saturated heterocycles. The minimum atomic E-state index is 1.24. The summed E-state index contributed by atoms with van der Waals surface area (Å²) in [6, 6.07) is 62.7. The fourth-order valence-electron chi connectivity index (χ4n) is 7.70. The quantitative estimate of drug-likeness (QED) is 0.174. The Balaban J connectivity index is 1.17. The van der Waals surface area contributed by atoms with Crippen LogP contribution in [-0.4, -0.2) is 0 Å². The van der Waals surface area contributed by atoms with E-state index in [4.69, 9.17) is 0 Å². The summed E-state index contributed by atoms with van der Waals surface area (Å²) in [4.78, 5) is 0. The molecule has 1 heterocycles. The van der Waals surface area contributed by atoms with Crippen LogP contribution in [0.25, 0.3) is 96.6 Å². The predicted molar refractivity (Wildman–Crippen MR) is 206 cm³/mol. The third kappa shape index (κ3) is 4.07. The molecule has 0 unspecified atom stereocenters. The SMILES string of the molecule is c1ccc2cc3c(cc2c1)sc1c(-c2ccc(-c4c5ccccc5c(-c5cccc6ccccc56)c5ccccc45)cc2)cccc13. The highest BCUT2D eigenvalue weighted by molar-refractivity contribution is 7.26. The minimum absolute atomic E-state index is 1.24. The van der Waals surface area contributed by atoms with Crippen LogP contribution in [0.1, 0.15) is 0 Å². The van der Waals surface area contributed by atoms with Gasteiger partial charge in [-0.25, -0.2) is 0 Å². The van der Waals surface area contributed by atoms with Crippen molar-refractivity contribution in [3.05, 3.63) is 170 Å². The van der Waals surface area contributed by atoms with Gasteiger partial charge in [-0.15, -0.1) is 11.3 Å². The Hall–Kier alpha value is -5.76. The van der Waals surface area contributed by atoms with E-state index in [1.165, 1.54) is 96.6 Å². The van der Waals surface area contributed by atoms with Gasteiger partial charge in [0.05, 0.1) is 0 Å². The van der Waals surface area contributed by atoms with Gasteiger partial charge in [0, 0.05) is 20.2 Å². The average Bonchev–Trinajstić information content (AvgIpc) is 3.50. The van der Waals surface area contributed by atoms with Gasteiger partial charge in [-0.2, -0.15) is 0 Å². The summed E-state index contributed by atoms with van der Waals surface area (Å²) in [6.07, 6.45) is 0. The lowest BCUT2D eigenvalue weighted by atomic mass is 9.84. The Morgan fingerprint density at radius 2 is 0.787 bits per heavy atom. The number of benzene rings is 9. The number of hydrogen-bond donors (Lipinski definition) is 0. The topological polar surface area (TPSA) is 0 Å². The van der Waals surface area contributed by atoms with Crippen molar-refractivity contribution in [1.29, 1.82) is 0 Å². The maximum Gasteiger partial charge on any atom is 0.0433 e. The van der Waals surface area contributed by atoms with Crippen molar-refractivity contribution in [1.82, 2.24) is 0 Å². The van der Waals surface area contributed by atoms with Crippen molar-refractivity contribution in [2.24, 2.45) is 0 Å². The monoisotopic (exact) mass is 612 g/mol. The summed E-state index contributed by atoms with van der Waals surface area (Å²) >= 11 is 1.90. The Kier molecular flexibility index (Phi) is 5.85. The van der Waals surface area contributed by atoms with Gasteiger partial charge >= 0.3 is 0 Å². The molecule has 0 spiro atoms. The lowest BCUT2D eigenvalue weighted by Gasteiger charge is -2.19. The second kappa shape index (κ2) is 10.4. The highest BCUT2D eigenvalue weighted by Crippen LogP contribution is 2.46. The molecule has 0 aliphatic carbocycles. The summed E-state index contributed by atoms with van der Waals surface area (Å²) in [5, 5.41) is 12.9. The summed E-state index contributed by atoms with van der Waals surface area (Å²) in [7, 11) is 0. The van der Waals surface area contributed by atoms with Crippen LogP contribution in [0.2, 0.25) is 0 Å². The van der Waals surface area contributed by atoms with Crippen molar-refractivity contribution in [2.75, 3.05) is 0 Å². The van der Waals surface area contributed by atoms with E-state index >= 15 is 0 Å². The molecule has 1 aromatic heterocycles. The van der Waals surface area contributed by atoms with Crippen LogP contribution in [0.15, 0.2) is 170 Å². The van der Waals surface area contributed by atoms with Crippen LogP contribution in [0.4, 0.5) is 0 Å². The zero-order chi connectivity index (χ0) is 30.9. The fraction of sp³-hybridized carbons (Fsp3) is 0. The number of fused-ring (bicyclic) bond motifs is 7. The second-order valence-corrected chi connectivity index (χ2v) is 13.5. The van der Waals surface area contributed by atoms with Crippen LogP contribution in [0.3, 0.4) is 0 Å². The molecule has 10 aromatic rings. The standard InChI is InChI=1S/C46H28S/c1-2-13-33-28-43-42(27-32(33)12-1)41-22-10-20-35(46(41)47-43)30-23-25-31(26-24-30)44-37-16-5-7-18-39(37)45(40-19-8-6-17-38(40)44)36-21-9-14-29-11-3-4-15-34(29)36/h1-28H. The molecule has 9 aromatic carbocycles. The molecule has 0 bridgehead atoms. The van der Waals surface area contributed by atoms with E-state index in [1.54, 1.807) is 0 Å². The van der Waals surface area contributed by atoms with E-state index < -0.39 is 0 Å². The molecule has 218 valence electrons. The molecular formula is C46H28S. The van der Waals surface area contributed by atoms with Crippen LogP contribution >= 0.6 is 11.3 Å². The van der Waals surface area contributed by atoms with E-state index in [0.29, 0.717) is 0 Å². The van der Waals surface area contributed by atoms with Crippen molar-refractivity contribution >= 4 is 74.6 Å². The molecule has 0 saturated carbocycles. The lowest BCUT2D eigenvalue weighted by Crippen LogP contribution is -1.91. The lowest BCUT2D eigenvalue weighted by molar-refractivity contribution is 1.64. The van der Waals surface area contributed by atoms with E-state index in [-0.39, 0.29) is 0 Å². The second-order valence-electron chi connectivity index (χ2n) is 12.4. The molecule has 0 N–H and O–H groups in total. The Morgan fingerprint density at radius 1 is 0.298 bits per heavy atom. The third-order valence-corrected chi connectivity index (χ3v) is 11.0. The molecule has 0 radical (unpaired) electrons. The summed E-state index contributed by atoms with van der Waals surface area (Å²) in [5.41, 5.74) is 7.65. The van der Waals surface area contributed by atoms with Crippen LogP contribution in [0, 0.1) is 0 Å². The Bertz CT molecular complexity index is 2770. The molecule has 0 nitrogen and oxygen atoms in total. The van der Waals surface area contributed by atoms with Crippen molar-refractivity contribution in [3.8, 4) is 33.4 Å². The van der Waals surface area contributed by atoms with Gasteiger partial charge in [-0.05, 0) is 88.6 Å². The number of hydrogen-bond acceptors (Lipinski definition) is 1. The highest BCUT2D eigenvalue weighted by Gasteiger charge is 2.18. The first-order valence-electron chi connectivity index (χ1n) is 16.2. The van der Waals surface area contributed by atoms with Gasteiger partial charge in [0.2, 0.25) is 0 Å². The van der Waals surface area contributed by atoms with Crippen LogP contribution < -0.4 is 0 Å². The predicted octanol–water partition coefficient (Wildman–Crippen LogP) is 13.7. The fourth-order valence-corrected chi connectivity index (χ4v) is 8.97. The third-order valence-electron chi connectivity index (χ3n) is 9.84. The molecular weight excluding hydrogens is 585 g/mol. The summed E-state index contributed by atoms with van der Waals surface area (Å²) in [5.74, 6) is 0. The molecule has 0 atom stereocenters. The van der Waals surface area contributed by atoms with Crippen molar-refractivity contribution in [2.45, 2.75) is 0 Å². The smallest absolute Gasteiger partial charge is 0.0433 e. The van der Waals surface area contributed by atoms with Crippen LogP contribution in [0.5, 0.6) is 0 Å². The Labute approximate surface area is 276 Å². The average molecular weight is 613 g/mol. The van der Waals surface area contributed by atoms with E-state index in [9.17, 15) is 0 Å². The van der Waals surface area contributed by atoms with Crippen molar-refractivity contribution < 1.29 is 0 Å². The molecule has 0 aliphatic heterocycles. The summed E-state index contributed by atoms with van der Waals surface area (Å²) < 4.78 is 2.69. The molecule has 0 aliphatic rings. The van der Waals surface area contributed by atoms with Crippen molar-refractivity contribution in [3.63, 3.8) is 0 Å². The maximum absolute atomic E-state index is 2.36. The van der Waals surface area contributed by atoms with E-state index in [1.807, 2.05) is 11.3 Å². The zero-order valence-electron chi connectivity index (χ0n) is 25.6. The Morgan fingerprint density at radius 3 is 1.49 bits per heavy atom. The first-order valence-corrected chi connectivity index (χ1v) is 17.0. The van der Waals surface area contributed by atoms with Crippen LogP contribution in [-0.2, 0) is 0 Å². The van der Waals surface area contributed by atoms with Gasteiger partial charge < -0.3 is 0 Å². The highest BCUT2D eigenvalue weighted by atomic mass is 32.1. The molecule has 47 heavy (non-hydrogen) atoms. The zero-order valence-corrected chi connectivity index (χ0v) is 26.4. The molecule has 1 heteroatoms. The number of thiophene rings is 1. The molecule has 0 fully saturated rings.